The van der Waals surface area contributed by atoms with Gasteiger partial charge in [0.15, 0.2) is 5.11 Å². The van der Waals surface area contributed by atoms with E-state index in [1.807, 2.05) is 0 Å². The topological polar surface area (TPSA) is 79.6 Å². The van der Waals surface area contributed by atoms with E-state index >= 15 is 0 Å². The number of rotatable bonds is 4. The second-order valence-corrected chi connectivity index (χ2v) is 5.49. The van der Waals surface area contributed by atoms with E-state index in [2.05, 4.69) is 15.8 Å². The molecule has 2 aromatic rings. The maximum absolute atomic E-state index is 10.9. The number of nitrogens with zero attached hydrogens (tertiary/aromatic N) is 2. The molecule has 0 atom stereocenters. The van der Waals surface area contributed by atoms with Crippen LogP contribution < -0.4 is 10.7 Å². The minimum atomic E-state index is -0.479. The van der Waals surface area contributed by atoms with Gasteiger partial charge in [-0.05, 0) is 36.5 Å². The van der Waals surface area contributed by atoms with Crippen molar-refractivity contribution < 1.29 is 4.92 Å². The van der Waals surface area contributed by atoms with Gasteiger partial charge in [-0.2, -0.15) is 5.10 Å². The van der Waals surface area contributed by atoms with Crippen LogP contribution in [0, 0.1) is 10.1 Å². The number of benzene rings is 2. The summed E-state index contributed by atoms with van der Waals surface area (Å²) in [7, 11) is 0. The molecule has 0 saturated heterocycles. The maximum Gasteiger partial charge on any atom is 0.278 e. The average molecular weight is 369 g/mol. The highest BCUT2D eigenvalue weighted by Gasteiger charge is 2.09. The van der Waals surface area contributed by atoms with Crippen LogP contribution in [0.1, 0.15) is 5.56 Å². The normalized spacial score (nSPS) is 10.5. The molecule has 0 unspecified atom stereocenters. The van der Waals surface area contributed by atoms with E-state index in [9.17, 15) is 10.1 Å². The lowest BCUT2D eigenvalue weighted by atomic mass is 10.2. The molecule has 2 N–H and O–H groups in total. The lowest BCUT2D eigenvalue weighted by Crippen LogP contribution is -2.23. The van der Waals surface area contributed by atoms with Crippen molar-refractivity contribution in [1.82, 2.24) is 5.43 Å². The maximum atomic E-state index is 10.9. The van der Waals surface area contributed by atoms with Gasteiger partial charge >= 0.3 is 0 Å². The summed E-state index contributed by atoms with van der Waals surface area (Å²) < 4.78 is 0. The molecule has 0 aliphatic carbocycles. The molecule has 0 spiro atoms. The van der Waals surface area contributed by atoms with Gasteiger partial charge in [-0.3, -0.25) is 15.5 Å². The van der Waals surface area contributed by atoms with Gasteiger partial charge in [-0.1, -0.05) is 35.3 Å². The fraction of sp³-hybridized carbons (Fsp3) is 0. The van der Waals surface area contributed by atoms with Crippen molar-refractivity contribution in [2.45, 2.75) is 0 Å². The van der Waals surface area contributed by atoms with E-state index in [-0.39, 0.29) is 10.8 Å². The Balaban J connectivity index is 1.99. The van der Waals surface area contributed by atoms with Crippen LogP contribution in [0.4, 0.5) is 11.4 Å². The van der Waals surface area contributed by atoms with Gasteiger partial charge in [0, 0.05) is 11.8 Å². The fourth-order valence-corrected chi connectivity index (χ4v) is 2.12. The lowest BCUT2D eigenvalue weighted by molar-refractivity contribution is -0.385. The Morgan fingerprint density at radius 2 is 1.96 bits per heavy atom. The minimum absolute atomic E-state index is 0.0404. The van der Waals surface area contributed by atoms with Crippen LogP contribution in [0.5, 0.6) is 0 Å². The molecule has 0 bridgehead atoms. The third-order valence-electron chi connectivity index (χ3n) is 2.68. The zero-order chi connectivity index (χ0) is 16.8. The first kappa shape index (κ1) is 17.1. The first-order chi connectivity index (χ1) is 11.0. The van der Waals surface area contributed by atoms with Gasteiger partial charge < -0.3 is 5.32 Å². The summed E-state index contributed by atoms with van der Waals surface area (Å²) >= 11 is 16.8. The highest BCUT2D eigenvalue weighted by Crippen LogP contribution is 2.24. The molecule has 6 nitrogen and oxygen atoms in total. The van der Waals surface area contributed by atoms with Crippen LogP contribution in [-0.2, 0) is 0 Å². The van der Waals surface area contributed by atoms with Gasteiger partial charge in [-0.25, -0.2) is 0 Å². The highest BCUT2D eigenvalue weighted by atomic mass is 35.5. The van der Waals surface area contributed by atoms with Crippen molar-refractivity contribution in [2.75, 3.05) is 5.32 Å². The largest absolute Gasteiger partial charge is 0.331 e. The smallest absolute Gasteiger partial charge is 0.278 e. The van der Waals surface area contributed by atoms with Crippen molar-refractivity contribution in [3.63, 3.8) is 0 Å². The number of para-hydroxylation sites is 1. The predicted molar refractivity (Wildman–Crippen MR) is 96.5 cm³/mol. The van der Waals surface area contributed by atoms with Crippen molar-refractivity contribution in [3.05, 3.63) is 68.2 Å². The number of halogens is 2. The summed E-state index contributed by atoms with van der Waals surface area (Å²) in [5.74, 6) is 0. The first-order valence-electron chi connectivity index (χ1n) is 6.26. The van der Waals surface area contributed by atoms with Crippen LogP contribution in [0.3, 0.4) is 0 Å². The Hall–Kier alpha value is -2.22. The Morgan fingerprint density at radius 1 is 1.22 bits per heavy atom. The number of anilines is 1. The summed E-state index contributed by atoms with van der Waals surface area (Å²) in [6.07, 6.45) is 1.32. The third kappa shape index (κ3) is 4.88. The zero-order valence-corrected chi connectivity index (χ0v) is 13.8. The predicted octanol–water partition coefficient (Wildman–Crippen LogP) is 4.22. The number of hydrogen-bond donors (Lipinski definition) is 2. The molecule has 0 aliphatic heterocycles. The summed E-state index contributed by atoms with van der Waals surface area (Å²) in [6, 6.07) is 11.2. The van der Waals surface area contributed by atoms with Crippen LogP contribution in [-0.4, -0.2) is 16.3 Å². The van der Waals surface area contributed by atoms with Crippen molar-refractivity contribution in [3.8, 4) is 0 Å². The molecule has 2 aromatic carbocycles. The van der Waals surface area contributed by atoms with Crippen molar-refractivity contribution >= 4 is 58.1 Å². The standard InChI is InChI=1S/C14H10Cl2N4O2S/c15-11-6-5-10(7-12(11)16)18-14(23)19-17-8-9-3-1-2-4-13(9)20(21)22/h1-8H,(H2,18,19,23)/b17-8+. The van der Waals surface area contributed by atoms with E-state index < -0.39 is 4.92 Å². The molecule has 0 saturated carbocycles. The number of thiocarbonyl (C=S) groups is 1. The first-order valence-corrected chi connectivity index (χ1v) is 7.42. The molecular weight excluding hydrogens is 359 g/mol. The van der Waals surface area contributed by atoms with Gasteiger partial charge in [0.1, 0.15) is 0 Å². The summed E-state index contributed by atoms with van der Waals surface area (Å²) in [6.45, 7) is 0. The van der Waals surface area contributed by atoms with Gasteiger partial charge in [0.05, 0.1) is 26.7 Å². The summed E-state index contributed by atoms with van der Waals surface area (Å²) in [4.78, 5) is 10.4. The molecule has 0 fully saturated rings. The quantitative estimate of drug-likeness (QED) is 0.365. The minimum Gasteiger partial charge on any atom is -0.331 e. The molecule has 0 aromatic heterocycles. The van der Waals surface area contributed by atoms with Gasteiger partial charge in [0.25, 0.3) is 5.69 Å². The lowest BCUT2D eigenvalue weighted by Gasteiger charge is -2.07. The summed E-state index contributed by atoms with van der Waals surface area (Å²) in [5, 5.41) is 18.7. The van der Waals surface area contributed by atoms with Gasteiger partial charge in [-0.15, -0.1) is 0 Å². The molecule has 118 valence electrons. The van der Waals surface area contributed by atoms with Crippen LogP contribution in [0.25, 0.3) is 0 Å². The Kier molecular flexibility index (Phi) is 5.86. The molecule has 0 amide bonds. The van der Waals surface area contributed by atoms with E-state index in [1.54, 1.807) is 36.4 Å². The van der Waals surface area contributed by atoms with Crippen LogP contribution in [0.15, 0.2) is 47.6 Å². The Morgan fingerprint density at radius 3 is 2.65 bits per heavy atom. The number of nitro groups is 1. The average Bonchev–Trinajstić information content (AvgIpc) is 2.51. The van der Waals surface area contributed by atoms with E-state index in [0.29, 0.717) is 21.3 Å². The van der Waals surface area contributed by atoms with Crippen LogP contribution in [0.2, 0.25) is 10.0 Å². The molecule has 0 heterocycles. The van der Waals surface area contributed by atoms with Crippen molar-refractivity contribution in [2.24, 2.45) is 5.10 Å². The second-order valence-electron chi connectivity index (χ2n) is 4.27. The zero-order valence-electron chi connectivity index (χ0n) is 11.5. The van der Waals surface area contributed by atoms with Gasteiger partial charge in [0.2, 0.25) is 0 Å². The highest BCUT2D eigenvalue weighted by molar-refractivity contribution is 7.80. The molecule has 2 rings (SSSR count). The van der Waals surface area contributed by atoms with E-state index in [4.69, 9.17) is 35.4 Å². The second kappa shape index (κ2) is 7.87. The number of nitro benzene ring substituents is 1. The SMILES string of the molecule is O=[N+]([O-])c1ccccc1/C=N/NC(=S)Nc1ccc(Cl)c(Cl)c1. The number of hydrazone groups is 1. The van der Waals surface area contributed by atoms with Crippen molar-refractivity contribution in [1.29, 1.82) is 0 Å². The molecule has 0 aliphatic rings. The van der Waals surface area contributed by atoms with Crippen LogP contribution >= 0.6 is 35.4 Å². The Labute approximate surface area is 147 Å². The number of nitrogens with one attached hydrogen (secondary N) is 2. The monoisotopic (exact) mass is 368 g/mol. The third-order valence-corrected chi connectivity index (χ3v) is 3.61. The Bertz CT molecular complexity index is 783. The molecule has 9 heteroatoms. The fourth-order valence-electron chi connectivity index (χ4n) is 1.66. The molecular formula is C14H10Cl2N4O2S. The number of hydrogen-bond acceptors (Lipinski definition) is 4. The molecule has 23 heavy (non-hydrogen) atoms. The molecule has 0 radical (unpaired) electrons. The summed E-state index contributed by atoms with van der Waals surface area (Å²) in [5.41, 5.74) is 3.53. The van der Waals surface area contributed by atoms with E-state index in [1.165, 1.54) is 12.3 Å². The van der Waals surface area contributed by atoms with E-state index in [0.717, 1.165) is 0 Å².